The molecule has 2 rings (SSSR count). The van der Waals surface area contributed by atoms with E-state index in [1.807, 2.05) is 36.5 Å². The first-order chi connectivity index (χ1) is 11.2. The molecular formula is C18H23N3O2. The molecule has 0 aliphatic heterocycles. The number of nitrogens with zero attached hydrogens (tertiary/aromatic N) is 2. The molecule has 122 valence electrons. The van der Waals surface area contributed by atoms with Gasteiger partial charge in [0.05, 0.1) is 6.61 Å². The highest BCUT2D eigenvalue weighted by molar-refractivity contribution is 5.89. The summed E-state index contributed by atoms with van der Waals surface area (Å²) in [6, 6.07) is 11.9. The second kappa shape index (κ2) is 9.02. The number of hydrogen-bond donors (Lipinski definition) is 1. The van der Waals surface area contributed by atoms with Gasteiger partial charge in [0.1, 0.15) is 0 Å². The quantitative estimate of drug-likeness (QED) is 0.814. The SMILES string of the molecule is COCCN(Cc1cccnc1)Cc1ccccc1NC(C)=O. The fourth-order valence-corrected chi connectivity index (χ4v) is 2.39. The monoisotopic (exact) mass is 313 g/mol. The summed E-state index contributed by atoms with van der Waals surface area (Å²) in [5, 5.41) is 2.89. The molecule has 1 heterocycles. The van der Waals surface area contributed by atoms with E-state index >= 15 is 0 Å². The molecule has 2 aromatic rings. The Morgan fingerprint density at radius 3 is 2.74 bits per heavy atom. The first kappa shape index (κ1) is 17.1. The van der Waals surface area contributed by atoms with E-state index in [9.17, 15) is 4.79 Å². The van der Waals surface area contributed by atoms with Crippen molar-refractivity contribution >= 4 is 11.6 Å². The summed E-state index contributed by atoms with van der Waals surface area (Å²) in [5.41, 5.74) is 3.09. The molecule has 0 spiro atoms. The van der Waals surface area contributed by atoms with Gasteiger partial charge in [-0.1, -0.05) is 24.3 Å². The number of rotatable bonds is 8. The molecule has 1 N–H and O–H groups in total. The highest BCUT2D eigenvalue weighted by Gasteiger charge is 2.10. The predicted octanol–water partition coefficient (Wildman–Crippen LogP) is 2.69. The van der Waals surface area contributed by atoms with Gasteiger partial charge in [0.15, 0.2) is 0 Å². The number of carbonyl (C=O) groups is 1. The van der Waals surface area contributed by atoms with Crippen LogP contribution in [0.25, 0.3) is 0 Å². The van der Waals surface area contributed by atoms with Gasteiger partial charge < -0.3 is 10.1 Å². The number of carbonyl (C=O) groups excluding carboxylic acids is 1. The Balaban J connectivity index is 2.12. The molecule has 0 aliphatic rings. The average molecular weight is 313 g/mol. The van der Waals surface area contributed by atoms with Crippen LogP contribution in [0.4, 0.5) is 5.69 Å². The lowest BCUT2D eigenvalue weighted by Crippen LogP contribution is -2.27. The molecule has 1 aromatic carbocycles. The lowest BCUT2D eigenvalue weighted by Gasteiger charge is -2.23. The van der Waals surface area contributed by atoms with Gasteiger partial charge in [0, 0.05) is 51.7 Å². The van der Waals surface area contributed by atoms with Crippen LogP contribution in [0.3, 0.4) is 0 Å². The molecular weight excluding hydrogens is 290 g/mol. The van der Waals surface area contributed by atoms with Crippen molar-refractivity contribution < 1.29 is 9.53 Å². The van der Waals surface area contributed by atoms with Crippen molar-refractivity contribution in [2.75, 3.05) is 25.6 Å². The molecule has 0 aliphatic carbocycles. The van der Waals surface area contributed by atoms with E-state index in [1.165, 1.54) is 6.92 Å². The van der Waals surface area contributed by atoms with Crippen molar-refractivity contribution in [3.63, 3.8) is 0 Å². The molecule has 5 heteroatoms. The minimum Gasteiger partial charge on any atom is -0.383 e. The Hall–Kier alpha value is -2.24. The molecule has 0 radical (unpaired) electrons. The van der Waals surface area contributed by atoms with Crippen LogP contribution in [0, 0.1) is 0 Å². The number of amides is 1. The zero-order valence-electron chi connectivity index (χ0n) is 13.7. The van der Waals surface area contributed by atoms with Gasteiger partial charge in [0.25, 0.3) is 0 Å². The predicted molar refractivity (Wildman–Crippen MR) is 91.0 cm³/mol. The Kier molecular flexibility index (Phi) is 6.72. The smallest absolute Gasteiger partial charge is 0.221 e. The van der Waals surface area contributed by atoms with E-state index in [0.29, 0.717) is 6.61 Å². The lowest BCUT2D eigenvalue weighted by atomic mass is 10.1. The van der Waals surface area contributed by atoms with Gasteiger partial charge in [-0.2, -0.15) is 0 Å². The lowest BCUT2D eigenvalue weighted by molar-refractivity contribution is -0.114. The molecule has 0 atom stereocenters. The first-order valence-corrected chi connectivity index (χ1v) is 7.64. The highest BCUT2D eigenvalue weighted by atomic mass is 16.5. The highest BCUT2D eigenvalue weighted by Crippen LogP contribution is 2.18. The molecule has 0 saturated heterocycles. The van der Waals surface area contributed by atoms with Crippen molar-refractivity contribution in [3.8, 4) is 0 Å². The normalized spacial score (nSPS) is 10.7. The van der Waals surface area contributed by atoms with Gasteiger partial charge in [0.2, 0.25) is 5.91 Å². The van der Waals surface area contributed by atoms with Gasteiger partial charge in [-0.15, -0.1) is 0 Å². The summed E-state index contributed by atoms with van der Waals surface area (Å²) in [4.78, 5) is 17.8. The van der Waals surface area contributed by atoms with E-state index in [1.54, 1.807) is 13.3 Å². The Labute approximate surface area is 137 Å². The number of benzene rings is 1. The van der Waals surface area contributed by atoms with Crippen LogP contribution in [-0.2, 0) is 22.6 Å². The van der Waals surface area contributed by atoms with Gasteiger partial charge in [-0.3, -0.25) is 14.7 Å². The molecule has 0 bridgehead atoms. The summed E-state index contributed by atoms with van der Waals surface area (Å²) < 4.78 is 5.22. The topological polar surface area (TPSA) is 54.5 Å². The van der Waals surface area contributed by atoms with Crippen molar-refractivity contribution in [3.05, 3.63) is 59.9 Å². The standard InChI is InChI=1S/C18H23N3O2/c1-15(22)20-18-8-4-3-7-17(18)14-21(10-11-23-2)13-16-6-5-9-19-12-16/h3-9,12H,10-11,13-14H2,1-2H3,(H,20,22). The molecule has 23 heavy (non-hydrogen) atoms. The summed E-state index contributed by atoms with van der Waals surface area (Å²) in [6.45, 7) is 4.50. The van der Waals surface area contributed by atoms with Crippen LogP contribution < -0.4 is 5.32 Å². The van der Waals surface area contributed by atoms with Crippen molar-refractivity contribution in [1.29, 1.82) is 0 Å². The maximum Gasteiger partial charge on any atom is 0.221 e. The molecule has 5 nitrogen and oxygen atoms in total. The number of ether oxygens (including phenoxy) is 1. The number of hydrogen-bond acceptors (Lipinski definition) is 4. The van der Waals surface area contributed by atoms with Gasteiger partial charge in [-0.05, 0) is 23.3 Å². The fourth-order valence-electron chi connectivity index (χ4n) is 2.39. The van der Waals surface area contributed by atoms with Crippen molar-refractivity contribution in [2.24, 2.45) is 0 Å². The average Bonchev–Trinajstić information content (AvgIpc) is 2.55. The Morgan fingerprint density at radius 1 is 1.22 bits per heavy atom. The molecule has 0 fully saturated rings. The number of pyridine rings is 1. The van der Waals surface area contributed by atoms with E-state index < -0.39 is 0 Å². The van der Waals surface area contributed by atoms with Crippen LogP contribution >= 0.6 is 0 Å². The zero-order chi connectivity index (χ0) is 16.5. The van der Waals surface area contributed by atoms with Crippen molar-refractivity contribution in [2.45, 2.75) is 20.0 Å². The first-order valence-electron chi connectivity index (χ1n) is 7.64. The minimum absolute atomic E-state index is 0.0619. The molecule has 1 aromatic heterocycles. The summed E-state index contributed by atoms with van der Waals surface area (Å²) in [7, 11) is 1.70. The third-order valence-electron chi connectivity index (χ3n) is 3.46. The number of para-hydroxylation sites is 1. The Bertz CT molecular complexity index is 617. The van der Waals surface area contributed by atoms with Crippen LogP contribution in [0.5, 0.6) is 0 Å². The largest absolute Gasteiger partial charge is 0.383 e. The molecule has 1 amide bonds. The van der Waals surface area contributed by atoms with E-state index in [-0.39, 0.29) is 5.91 Å². The third-order valence-corrected chi connectivity index (χ3v) is 3.46. The number of aromatic nitrogens is 1. The van der Waals surface area contributed by atoms with Gasteiger partial charge >= 0.3 is 0 Å². The summed E-state index contributed by atoms with van der Waals surface area (Å²) in [6.07, 6.45) is 3.65. The van der Waals surface area contributed by atoms with Crippen molar-refractivity contribution in [1.82, 2.24) is 9.88 Å². The van der Waals surface area contributed by atoms with Crippen LogP contribution in [0.2, 0.25) is 0 Å². The number of nitrogens with one attached hydrogen (secondary N) is 1. The van der Waals surface area contributed by atoms with Gasteiger partial charge in [-0.25, -0.2) is 0 Å². The van der Waals surface area contributed by atoms with E-state index in [4.69, 9.17) is 4.74 Å². The van der Waals surface area contributed by atoms with Crippen LogP contribution in [0.15, 0.2) is 48.8 Å². The van der Waals surface area contributed by atoms with E-state index in [0.717, 1.165) is 36.4 Å². The second-order valence-electron chi connectivity index (χ2n) is 5.40. The maximum absolute atomic E-state index is 11.4. The molecule has 0 unspecified atom stereocenters. The van der Waals surface area contributed by atoms with Crippen LogP contribution in [0.1, 0.15) is 18.1 Å². The van der Waals surface area contributed by atoms with Crippen LogP contribution in [-0.4, -0.2) is 36.1 Å². The zero-order valence-corrected chi connectivity index (χ0v) is 13.7. The molecule has 0 saturated carbocycles. The summed E-state index contributed by atoms with van der Waals surface area (Å²) >= 11 is 0. The maximum atomic E-state index is 11.4. The minimum atomic E-state index is -0.0619. The second-order valence-corrected chi connectivity index (χ2v) is 5.40. The fraction of sp³-hybridized carbons (Fsp3) is 0.333. The number of anilines is 1. The summed E-state index contributed by atoms with van der Waals surface area (Å²) in [5.74, 6) is -0.0619. The number of methoxy groups -OCH3 is 1. The van der Waals surface area contributed by atoms with E-state index in [2.05, 4.69) is 21.3 Å². The third kappa shape index (κ3) is 5.81. The Morgan fingerprint density at radius 2 is 2.04 bits per heavy atom.